The van der Waals surface area contributed by atoms with Gasteiger partial charge in [0.2, 0.25) is 0 Å². The van der Waals surface area contributed by atoms with Gasteiger partial charge in [0.1, 0.15) is 5.82 Å². The van der Waals surface area contributed by atoms with Gasteiger partial charge in [-0.15, -0.1) is 0 Å². The molecular weight excluding hydrogens is 288 g/mol. The molecule has 4 heterocycles. The smallest absolute Gasteiger partial charge is 0.157 e. The van der Waals surface area contributed by atoms with Gasteiger partial charge < -0.3 is 9.80 Å². The van der Waals surface area contributed by atoms with Gasteiger partial charge in [-0.3, -0.25) is 4.98 Å². The van der Waals surface area contributed by atoms with Crippen LogP contribution in [-0.2, 0) is 6.42 Å². The Balaban J connectivity index is 1.58. The zero-order chi connectivity index (χ0) is 15.6. The molecule has 6 heteroatoms. The minimum absolute atomic E-state index is 0.925. The summed E-state index contributed by atoms with van der Waals surface area (Å²) in [5.41, 5.74) is 3.23. The lowest BCUT2D eigenvalue weighted by Gasteiger charge is -2.37. The second-order valence-corrected chi connectivity index (χ2v) is 5.75. The molecule has 6 nitrogen and oxygen atoms in total. The van der Waals surface area contributed by atoms with Crippen LogP contribution in [0.3, 0.4) is 0 Å². The Morgan fingerprint density at radius 1 is 1.04 bits per heavy atom. The molecule has 118 valence electrons. The van der Waals surface area contributed by atoms with Gasteiger partial charge in [-0.2, -0.15) is 9.61 Å². The minimum atomic E-state index is 0.925. The van der Waals surface area contributed by atoms with Gasteiger partial charge in [0.25, 0.3) is 0 Å². The van der Waals surface area contributed by atoms with E-state index in [9.17, 15) is 0 Å². The maximum Gasteiger partial charge on any atom is 0.157 e. The van der Waals surface area contributed by atoms with Crippen molar-refractivity contribution in [1.82, 2.24) is 19.6 Å². The topological polar surface area (TPSA) is 49.6 Å². The Morgan fingerprint density at radius 2 is 1.87 bits per heavy atom. The van der Waals surface area contributed by atoms with Crippen LogP contribution >= 0.6 is 0 Å². The molecule has 0 unspecified atom stereocenters. The largest absolute Gasteiger partial charge is 0.367 e. The van der Waals surface area contributed by atoms with Crippen LogP contribution in [0.2, 0.25) is 0 Å². The Hall–Kier alpha value is -2.63. The molecule has 3 aromatic heterocycles. The number of piperazine rings is 1. The highest BCUT2D eigenvalue weighted by molar-refractivity contribution is 5.53. The third-order valence-corrected chi connectivity index (χ3v) is 4.37. The minimum Gasteiger partial charge on any atom is -0.367 e. The van der Waals surface area contributed by atoms with Gasteiger partial charge in [0.15, 0.2) is 5.65 Å². The van der Waals surface area contributed by atoms with Crippen molar-refractivity contribution >= 4 is 17.2 Å². The summed E-state index contributed by atoms with van der Waals surface area (Å²) in [6.07, 6.45) is 6.50. The molecule has 0 spiro atoms. The van der Waals surface area contributed by atoms with E-state index in [1.165, 1.54) is 5.69 Å². The fraction of sp³-hybridized carbons (Fsp3) is 0.353. The highest BCUT2D eigenvalue weighted by atomic mass is 15.4. The van der Waals surface area contributed by atoms with Crippen molar-refractivity contribution in [3.05, 3.63) is 48.5 Å². The van der Waals surface area contributed by atoms with Crippen molar-refractivity contribution in [2.75, 3.05) is 36.0 Å². The standard InChI is InChI=1S/C17H20N6/c1-2-14-12-17(23-16(20-14)5-7-19-23)22-10-8-21(9-11-22)15-4-3-6-18-13-15/h3-7,12-13H,2,8-11H2,1H3. The van der Waals surface area contributed by atoms with Gasteiger partial charge in [0.05, 0.1) is 18.1 Å². The number of aromatic nitrogens is 4. The third-order valence-electron chi connectivity index (χ3n) is 4.37. The summed E-state index contributed by atoms with van der Waals surface area (Å²) in [6.45, 7) is 6.05. The van der Waals surface area contributed by atoms with Gasteiger partial charge in [0, 0.05) is 50.2 Å². The summed E-state index contributed by atoms with van der Waals surface area (Å²) in [7, 11) is 0. The average Bonchev–Trinajstić information content (AvgIpc) is 3.10. The number of anilines is 2. The lowest BCUT2D eigenvalue weighted by molar-refractivity contribution is 0.637. The Bertz CT molecular complexity index is 789. The monoisotopic (exact) mass is 308 g/mol. The summed E-state index contributed by atoms with van der Waals surface area (Å²) in [6, 6.07) is 8.25. The van der Waals surface area contributed by atoms with Crippen molar-refractivity contribution in [2.45, 2.75) is 13.3 Å². The van der Waals surface area contributed by atoms with Crippen LogP contribution in [0.1, 0.15) is 12.6 Å². The molecule has 0 atom stereocenters. The van der Waals surface area contributed by atoms with Crippen molar-refractivity contribution < 1.29 is 0 Å². The van der Waals surface area contributed by atoms with E-state index in [0.717, 1.165) is 49.8 Å². The van der Waals surface area contributed by atoms with E-state index in [-0.39, 0.29) is 0 Å². The molecule has 0 N–H and O–H groups in total. The van der Waals surface area contributed by atoms with Crippen LogP contribution < -0.4 is 9.80 Å². The predicted octanol–water partition coefficient (Wildman–Crippen LogP) is 2.01. The molecular formula is C17H20N6. The van der Waals surface area contributed by atoms with Crippen LogP contribution in [0.4, 0.5) is 11.5 Å². The normalized spacial score (nSPS) is 15.3. The van der Waals surface area contributed by atoms with Crippen LogP contribution in [0.5, 0.6) is 0 Å². The van der Waals surface area contributed by atoms with Crippen molar-refractivity contribution in [3.8, 4) is 0 Å². The van der Waals surface area contributed by atoms with Crippen molar-refractivity contribution in [2.24, 2.45) is 0 Å². The molecule has 1 aliphatic heterocycles. The first-order valence-electron chi connectivity index (χ1n) is 8.09. The first-order valence-corrected chi connectivity index (χ1v) is 8.09. The fourth-order valence-electron chi connectivity index (χ4n) is 3.09. The number of nitrogens with zero attached hydrogens (tertiary/aromatic N) is 6. The van der Waals surface area contributed by atoms with E-state index >= 15 is 0 Å². The van der Waals surface area contributed by atoms with E-state index in [1.807, 2.05) is 35.2 Å². The first-order chi connectivity index (χ1) is 11.3. The predicted molar refractivity (Wildman–Crippen MR) is 91.0 cm³/mol. The lowest BCUT2D eigenvalue weighted by atomic mass is 10.2. The molecule has 1 aliphatic rings. The third kappa shape index (κ3) is 2.60. The van der Waals surface area contributed by atoms with E-state index in [1.54, 1.807) is 0 Å². The zero-order valence-electron chi connectivity index (χ0n) is 13.3. The average molecular weight is 308 g/mol. The SMILES string of the molecule is CCc1cc(N2CCN(c3cccnc3)CC2)n2nccc2n1. The lowest BCUT2D eigenvalue weighted by Crippen LogP contribution is -2.47. The number of pyridine rings is 1. The molecule has 0 aliphatic carbocycles. The van der Waals surface area contributed by atoms with Crippen molar-refractivity contribution in [1.29, 1.82) is 0 Å². The van der Waals surface area contributed by atoms with Gasteiger partial charge in [-0.25, -0.2) is 4.98 Å². The highest BCUT2D eigenvalue weighted by Crippen LogP contribution is 2.21. The second kappa shape index (κ2) is 5.87. The highest BCUT2D eigenvalue weighted by Gasteiger charge is 2.20. The number of hydrogen-bond acceptors (Lipinski definition) is 5. The number of rotatable bonds is 3. The molecule has 1 fully saturated rings. The number of hydrogen-bond donors (Lipinski definition) is 0. The Labute approximate surface area is 135 Å². The van der Waals surface area contributed by atoms with Gasteiger partial charge >= 0.3 is 0 Å². The number of fused-ring (bicyclic) bond motifs is 1. The molecule has 4 rings (SSSR count). The van der Waals surface area contributed by atoms with E-state index in [0.29, 0.717) is 0 Å². The summed E-state index contributed by atoms with van der Waals surface area (Å²) in [5, 5.41) is 4.44. The molecule has 3 aromatic rings. The summed E-state index contributed by atoms with van der Waals surface area (Å²) < 4.78 is 1.94. The van der Waals surface area contributed by atoms with Crippen molar-refractivity contribution in [3.63, 3.8) is 0 Å². The molecule has 23 heavy (non-hydrogen) atoms. The van der Waals surface area contributed by atoms with E-state index in [2.05, 4.69) is 43.9 Å². The second-order valence-electron chi connectivity index (χ2n) is 5.75. The molecule has 0 aromatic carbocycles. The van der Waals surface area contributed by atoms with Crippen LogP contribution in [-0.4, -0.2) is 45.8 Å². The maximum atomic E-state index is 4.63. The van der Waals surface area contributed by atoms with Gasteiger partial charge in [-0.05, 0) is 18.6 Å². The molecule has 0 bridgehead atoms. The van der Waals surface area contributed by atoms with Crippen LogP contribution in [0.25, 0.3) is 5.65 Å². The first kappa shape index (κ1) is 14.0. The van der Waals surface area contributed by atoms with Crippen LogP contribution in [0, 0.1) is 0 Å². The Kier molecular flexibility index (Phi) is 3.57. The quantitative estimate of drug-likeness (QED) is 0.741. The Morgan fingerprint density at radius 3 is 2.61 bits per heavy atom. The summed E-state index contributed by atoms with van der Waals surface area (Å²) in [4.78, 5) is 13.6. The molecule has 1 saturated heterocycles. The maximum absolute atomic E-state index is 4.63. The summed E-state index contributed by atoms with van der Waals surface area (Å²) in [5.74, 6) is 1.14. The molecule has 0 saturated carbocycles. The number of aryl methyl sites for hydroxylation is 1. The molecule has 0 radical (unpaired) electrons. The van der Waals surface area contributed by atoms with Gasteiger partial charge in [-0.1, -0.05) is 6.92 Å². The fourth-order valence-corrected chi connectivity index (χ4v) is 3.09. The summed E-state index contributed by atoms with van der Waals surface area (Å²) >= 11 is 0. The van der Waals surface area contributed by atoms with E-state index < -0.39 is 0 Å². The van der Waals surface area contributed by atoms with E-state index in [4.69, 9.17) is 0 Å². The zero-order valence-corrected chi connectivity index (χ0v) is 13.3. The molecule has 0 amide bonds. The van der Waals surface area contributed by atoms with Crippen LogP contribution in [0.15, 0.2) is 42.9 Å².